The van der Waals surface area contributed by atoms with Crippen molar-refractivity contribution in [3.05, 3.63) is 23.4 Å². The molecule has 1 aliphatic heterocycles. The quantitative estimate of drug-likeness (QED) is 0.475. The fourth-order valence-corrected chi connectivity index (χ4v) is 3.52. The molecular formula is C20H31N7O3. The van der Waals surface area contributed by atoms with Crippen molar-refractivity contribution in [1.29, 1.82) is 0 Å². The van der Waals surface area contributed by atoms with Gasteiger partial charge in [-0.2, -0.15) is 0 Å². The number of nitrogens with two attached hydrogens (primary N) is 2. The molecule has 30 heavy (non-hydrogen) atoms. The summed E-state index contributed by atoms with van der Waals surface area (Å²) < 4.78 is 12.8. The first-order valence-electron chi connectivity index (χ1n) is 10.2. The maximum atomic E-state index is 10.5. The predicted octanol–water partition coefficient (Wildman–Crippen LogP) is -0.317. The minimum absolute atomic E-state index is 0.115. The minimum Gasteiger partial charge on any atom is -0.491 e. The van der Waals surface area contributed by atoms with E-state index in [0.29, 0.717) is 47.0 Å². The summed E-state index contributed by atoms with van der Waals surface area (Å²) >= 11 is 0. The van der Waals surface area contributed by atoms with Crippen LogP contribution in [0.15, 0.2) is 17.3 Å². The first-order chi connectivity index (χ1) is 14.3. The fourth-order valence-electron chi connectivity index (χ4n) is 3.52. The molecule has 1 saturated heterocycles. The number of aromatic nitrogens is 4. The van der Waals surface area contributed by atoms with E-state index in [1.807, 2.05) is 11.5 Å². The standard InChI is InChI=1S/C20H31N7O3/c1-5-13(29-11-12-8-7-9-23-10-12)16-14(17(21)20(3,4)28)24-19(27(16)6-2)15-18(22)26-30-25-15/h5,12,23,28H,1,6-11,21H2,2-4H3,(H2,22,26)/b16-13-,17-14+/t12-/m0/s1. The molecule has 1 fully saturated rings. The van der Waals surface area contributed by atoms with Gasteiger partial charge in [0.2, 0.25) is 0 Å². The molecule has 2 aromatic heterocycles. The summed E-state index contributed by atoms with van der Waals surface area (Å²) in [4.78, 5) is 4.65. The van der Waals surface area contributed by atoms with Crippen LogP contribution in [0.1, 0.15) is 33.6 Å². The summed E-state index contributed by atoms with van der Waals surface area (Å²) in [5.41, 5.74) is 11.4. The second-order valence-electron chi connectivity index (χ2n) is 7.94. The molecule has 3 heterocycles. The first kappa shape index (κ1) is 21.8. The highest BCUT2D eigenvalue weighted by molar-refractivity contribution is 5.64. The average molecular weight is 418 g/mol. The smallest absolute Gasteiger partial charge is 0.199 e. The Morgan fingerprint density at radius 2 is 2.23 bits per heavy atom. The van der Waals surface area contributed by atoms with Crippen molar-refractivity contribution in [1.82, 2.24) is 25.2 Å². The number of anilines is 1. The van der Waals surface area contributed by atoms with Gasteiger partial charge in [-0.15, -0.1) is 0 Å². The lowest BCUT2D eigenvalue weighted by atomic mass is 10.0. The second-order valence-corrected chi connectivity index (χ2v) is 7.94. The van der Waals surface area contributed by atoms with Gasteiger partial charge in [0.1, 0.15) is 22.1 Å². The number of aliphatic hydroxyl groups is 1. The molecule has 0 unspecified atom stereocenters. The van der Waals surface area contributed by atoms with Crippen molar-refractivity contribution < 1.29 is 14.5 Å². The van der Waals surface area contributed by atoms with Gasteiger partial charge in [0, 0.05) is 19.0 Å². The molecule has 0 saturated carbocycles. The van der Waals surface area contributed by atoms with E-state index < -0.39 is 5.60 Å². The molecule has 0 aromatic carbocycles. The van der Waals surface area contributed by atoms with E-state index in [-0.39, 0.29) is 11.5 Å². The number of hydrogen-bond acceptors (Lipinski definition) is 9. The Bertz CT molecular complexity index is 1010. The summed E-state index contributed by atoms with van der Waals surface area (Å²) in [6.45, 7) is 12.1. The molecule has 0 bridgehead atoms. The number of nitrogens with zero attached hydrogens (tertiary/aromatic N) is 4. The third-order valence-electron chi connectivity index (χ3n) is 5.22. The number of piperidine rings is 1. The van der Waals surface area contributed by atoms with E-state index in [0.717, 1.165) is 25.9 Å². The zero-order chi connectivity index (χ0) is 21.9. The average Bonchev–Trinajstić information content (AvgIpc) is 3.31. The van der Waals surface area contributed by atoms with Crippen molar-refractivity contribution in [2.75, 3.05) is 25.4 Å². The topological polar surface area (TPSA) is 150 Å². The van der Waals surface area contributed by atoms with Gasteiger partial charge in [0.25, 0.3) is 0 Å². The Morgan fingerprint density at radius 1 is 1.47 bits per heavy atom. The molecule has 0 radical (unpaired) electrons. The van der Waals surface area contributed by atoms with Crippen LogP contribution in [0.25, 0.3) is 23.0 Å². The van der Waals surface area contributed by atoms with E-state index in [9.17, 15) is 5.11 Å². The largest absolute Gasteiger partial charge is 0.491 e. The van der Waals surface area contributed by atoms with E-state index >= 15 is 0 Å². The minimum atomic E-state index is -1.30. The number of ether oxygens (including phenoxy) is 1. The number of hydrogen-bond donors (Lipinski definition) is 4. The molecule has 6 N–H and O–H groups in total. The highest BCUT2D eigenvalue weighted by atomic mass is 16.6. The molecule has 0 aliphatic carbocycles. The highest BCUT2D eigenvalue weighted by Crippen LogP contribution is 2.19. The number of rotatable bonds is 7. The maximum absolute atomic E-state index is 10.5. The highest BCUT2D eigenvalue weighted by Gasteiger charge is 2.24. The van der Waals surface area contributed by atoms with Gasteiger partial charge in [0.05, 0.1) is 12.3 Å². The molecule has 0 amide bonds. The molecule has 2 aromatic rings. The maximum Gasteiger partial charge on any atom is 0.199 e. The Balaban J connectivity index is 2.24. The normalized spacial score (nSPS) is 19.4. The molecule has 164 valence electrons. The fraction of sp³-hybridized carbons (Fsp3) is 0.550. The second kappa shape index (κ2) is 8.88. The Labute approximate surface area is 175 Å². The Hall–Kier alpha value is -2.85. The van der Waals surface area contributed by atoms with Crippen LogP contribution in [0, 0.1) is 5.92 Å². The van der Waals surface area contributed by atoms with Gasteiger partial charge >= 0.3 is 0 Å². The van der Waals surface area contributed by atoms with Crippen molar-refractivity contribution in [3.63, 3.8) is 0 Å². The van der Waals surface area contributed by atoms with E-state index in [2.05, 4.69) is 27.2 Å². The van der Waals surface area contributed by atoms with E-state index in [1.54, 1.807) is 19.9 Å². The van der Waals surface area contributed by atoms with Gasteiger partial charge in [0.15, 0.2) is 17.3 Å². The van der Waals surface area contributed by atoms with Crippen LogP contribution in [0.2, 0.25) is 0 Å². The molecule has 10 heteroatoms. The van der Waals surface area contributed by atoms with Gasteiger partial charge in [-0.3, -0.25) is 0 Å². The third kappa shape index (κ3) is 4.34. The lowest BCUT2D eigenvalue weighted by Gasteiger charge is -2.23. The SMILES string of the molecule is C=C/C(OC[C@H]1CCCNC1)=c1\c(=C(/N)C(C)(C)O)nc(-c2nonc2N)n1CC. The van der Waals surface area contributed by atoms with Gasteiger partial charge in [-0.1, -0.05) is 6.58 Å². The lowest BCUT2D eigenvalue weighted by molar-refractivity contribution is 0.140. The number of nitrogen functional groups attached to an aromatic ring is 1. The molecule has 3 rings (SSSR count). The Morgan fingerprint density at radius 3 is 2.77 bits per heavy atom. The van der Waals surface area contributed by atoms with Gasteiger partial charge in [-0.05, 0) is 56.5 Å². The van der Waals surface area contributed by atoms with Crippen LogP contribution in [0.4, 0.5) is 5.82 Å². The zero-order valence-corrected chi connectivity index (χ0v) is 17.8. The first-order valence-corrected chi connectivity index (χ1v) is 10.2. The molecule has 0 spiro atoms. The summed E-state index contributed by atoms with van der Waals surface area (Å²) in [5, 5.41) is 22.5. The summed E-state index contributed by atoms with van der Waals surface area (Å²) in [5.74, 6) is 1.47. The van der Waals surface area contributed by atoms with Crippen molar-refractivity contribution in [2.45, 2.75) is 45.8 Å². The van der Waals surface area contributed by atoms with E-state index in [4.69, 9.17) is 20.8 Å². The molecular weight excluding hydrogens is 386 g/mol. The summed E-state index contributed by atoms with van der Waals surface area (Å²) in [7, 11) is 0. The van der Waals surface area contributed by atoms with E-state index in [1.165, 1.54) is 0 Å². The molecule has 1 atom stereocenters. The molecule has 1 aliphatic rings. The number of nitrogens with one attached hydrogen (secondary N) is 1. The van der Waals surface area contributed by atoms with Crippen molar-refractivity contribution in [2.24, 2.45) is 11.7 Å². The van der Waals surface area contributed by atoms with Crippen LogP contribution in [0.5, 0.6) is 0 Å². The monoisotopic (exact) mass is 417 g/mol. The zero-order valence-electron chi connectivity index (χ0n) is 17.8. The van der Waals surface area contributed by atoms with Crippen LogP contribution in [-0.2, 0) is 11.3 Å². The van der Waals surface area contributed by atoms with Crippen LogP contribution >= 0.6 is 0 Å². The van der Waals surface area contributed by atoms with Crippen LogP contribution in [0.3, 0.4) is 0 Å². The van der Waals surface area contributed by atoms with Crippen molar-refractivity contribution in [3.8, 4) is 11.5 Å². The summed E-state index contributed by atoms with van der Waals surface area (Å²) in [6, 6.07) is 0. The van der Waals surface area contributed by atoms with Crippen molar-refractivity contribution >= 4 is 17.3 Å². The van der Waals surface area contributed by atoms with Gasteiger partial charge < -0.3 is 31.2 Å². The third-order valence-corrected chi connectivity index (χ3v) is 5.22. The summed E-state index contributed by atoms with van der Waals surface area (Å²) in [6.07, 6.45) is 3.86. The predicted molar refractivity (Wildman–Crippen MR) is 114 cm³/mol. The van der Waals surface area contributed by atoms with Gasteiger partial charge in [-0.25, -0.2) is 9.61 Å². The van der Waals surface area contributed by atoms with Crippen LogP contribution < -0.4 is 27.5 Å². The van der Waals surface area contributed by atoms with Crippen LogP contribution in [-0.4, -0.2) is 50.3 Å². The number of imidazole rings is 1. The molecule has 10 nitrogen and oxygen atoms in total. The Kier molecular flexibility index (Phi) is 6.47. The lowest BCUT2D eigenvalue weighted by Crippen LogP contribution is -2.42.